The van der Waals surface area contributed by atoms with Crippen molar-refractivity contribution < 1.29 is 13.2 Å². The Kier molecular flexibility index (Phi) is 8.46. The largest absolute Gasteiger partial charge is 0.351 e. The maximum atomic E-state index is 13.4. The second kappa shape index (κ2) is 12.0. The molecule has 5 rings (SSSR count). The molecule has 2 fully saturated rings. The first kappa shape index (κ1) is 27.5. The maximum Gasteiger partial charge on any atom is 0.252 e. The number of fused-ring (bicyclic) bond motifs is 1. The lowest BCUT2D eigenvalue weighted by Gasteiger charge is -2.34. The Bertz CT molecular complexity index is 1470. The number of carbonyl (C=O) groups excluding carboxylic acids is 1. The number of aromatic nitrogens is 1. The number of carbonyl (C=O) groups is 1. The van der Waals surface area contributed by atoms with Gasteiger partial charge in [0.2, 0.25) is 15.6 Å². The molecule has 2 N–H and O–H groups in total. The Hall–Kier alpha value is -3.05. The van der Waals surface area contributed by atoms with E-state index >= 15 is 0 Å². The summed E-state index contributed by atoms with van der Waals surface area (Å²) in [7, 11) is -3.71. The summed E-state index contributed by atoms with van der Waals surface area (Å²) >= 11 is 0. The Morgan fingerprint density at radius 2 is 1.72 bits per heavy atom. The predicted octanol–water partition coefficient (Wildman–Crippen LogP) is 2.64. The molecule has 0 aliphatic carbocycles. The zero-order valence-corrected chi connectivity index (χ0v) is 23.3. The SMILES string of the molecule is C[C@@H]1CCCCN1S(=O)(=O)c1ccc2[nH]c(=O)cc(C(=O)NCCN3CCN(Cc4ccccc4)CC3)c2c1. The van der Waals surface area contributed by atoms with Crippen LogP contribution in [-0.2, 0) is 16.6 Å². The molecule has 2 aliphatic rings. The van der Waals surface area contributed by atoms with Crippen molar-refractivity contribution >= 4 is 26.8 Å². The normalized spacial score (nSPS) is 19.8. The minimum atomic E-state index is -3.71. The predicted molar refractivity (Wildman–Crippen MR) is 152 cm³/mol. The van der Waals surface area contributed by atoms with Crippen LogP contribution < -0.4 is 10.9 Å². The monoisotopic (exact) mass is 551 g/mol. The molecule has 1 amide bonds. The molecule has 2 aliphatic heterocycles. The summed E-state index contributed by atoms with van der Waals surface area (Å²) in [4.78, 5) is 33.1. The average Bonchev–Trinajstić information content (AvgIpc) is 2.94. The molecule has 0 bridgehead atoms. The number of nitrogens with zero attached hydrogens (tertiary/aromatic N) is 3. The van der Waals surface area contributed by atoms with E-state index in [9.17, 15) is 18.0 Å². The minimum absolute atomic E-state index is 0.0713. The van der Waals surface area contributed by atoms with Gasteiger partial charge in [0, 0.05) is 75.4 Å². The molecule has 9 nitrogen and oxygen atoms in total. The molecule has 3 heterocycles. The Balaban J connectivity index is 1.23. The zero-order valence-electron chi connectivity index (χ0n) is 22.4. The lowest BCUT2D eigenvalue weighted by Crippen LogP contribution is -2.48. The van der Waals surface area contributed by atoms with Crippen LogP contribution >= 0.6 is 0 Å². The van der Waals surface area contributed by atoms with Gasteiger partial charge in [0.15, 0.2) is 0 Å². The van der Waals surface area contributed by atoms with E-state index in [1.807, 2.05) is 13.0 Å². The number of aromatic amines is 1. The number of sulfonamides is 1. The van der Waals surface area contributed by atoms with E-state index in [1.54, 1.807) is 10.4 Å². The molecular formula is C29H37N5O4S. The molecule has 1 atom stereocenters. The van der Waals surface area contributed by atoms with Crippen molar-refractivity contribution in [3.63, 3.8) is 0 Å². The molecule has 0 spiro atoms. The van der Waals surface area contributed by atoms with Crippen molar-refractivity contribution in [1.82, 2.24) is 24.4 Å². The molecule has 2 aromatic carbocycles. The van der Waals surface area contributed by atoms with Crippen molar-refractivity contribution in [2.75, 3.05) is 45.8 Å². The molecule has 0 saturated carbocycles. The first-order valence-electron chi connectivity index (χ1n) is 13.8. The highest BCUT2D eigenvalue weighted by Crippen LogP contribution is 2.27. The molecule has 3 aromatic rings. The van der Waals surface area contributed by atoms with E-state index in [2.05, 4.69) is 44.4 Å². The lowest BCUT2D eigenvalue weighted by atomic mass is 10.1. The quantitative estimate of drug-likeness (QED) is 0.446. The summed E-state index contributed by atoms with van der Waals surface area (Å²) in [5.41, 5.74) is 1.53. The average molecular weight is 552 g/mol. The zero-order chi connectivity index (χ0) is 27.4. The number of piperidine rings is 1. The van der Waals surface area contributed by atoms with Crippen LogP contribution in [0.2, 0.25) is 0 Å². The van der Waals surface area contributed by atoms with Gasteiger partial charge in [-0.3, -0.25) is 19.4 Å². The molecule has 2 saturated heterocycles. The summed E-state index contributed by atoms with van der Waals surface area (Å²) in [5, 5.41) is 3.36. The Morgan fingerprint density at radius 3 is 2.46 bits per heavy atom. The van der Waals surface area contributed by atoms with Gasteiger partial charge >= 0.3 is 0 Å². The van der Waals surface area contributed by atoms with Gasteiger partial charge in [-0.1, -0.05) is 36.8 Å². The van der Waals surface area contributed by atoms with Crippen molar-refractivity contribution in [1.29, 1.82) is 0 Å². The van der Waals surface area contributed by atoms with Gasteiger partial charge in [-0.2, -0.15) is 4.31 Å². The number of pyridine rings is 1. The molecule has 10 heteroatoms. The van der Waals surface area contributed by atoms with Gasteiger partial charge in [0.25, 0.3) is 5.91 Å². The van der Waals surface area contributed by atoms with E-state index in [1.165, 1.54) is 23.8 Å². The number of benzene rings is 2. The fourth-order valence-electron chi connectivity index (χ4n) is 5.58. The number of hydrogen-bond donors (Lipinski definition) is 2. The number of nitrogens with one attached hydrogen (secondary N) is 2. The van der Waals surface area contributed by atoms with Crippen LogP contribution in [0.15, 0.2) is 64.3 Å². The van der Waals surface area contributed by atoms with Crippen LogP contribution in [-0.4, -0.2) is 85.3 Å². The number of H-pyrrole nitrogens is 1. The highest BCUT2D eigenvalue weighted by atomic mass is 32.2. The van der Waals surface area contributed by atoms with Crippen molar-refractivity contribution in [3.05, 3.63) is 76.1 Å². The van der Waals surface area contributed by atoms with Crippen molar-refractivity contribution in [2.45, 2.75) is 43.7 Å². The fraction of sp³-hybridized carbons (Fsp3) is 0.448. The summed E-state index contributed by atoms with van der Waals surface area (Å²) < 4.78 is 28.4. The van der Waals surface area contributed by atoms with Crippen LogP contribution in [0.25, 0.3) is 10.9 Å². The van der Waals surface area contributed by atoms with Gasteiger partial charge < -0.3 is 10.3 Å². The number of amides is 1. The van der Waals surface area contributed by atoms with Crippen LogP contribution in [0, 0.1) is 0 Å². The van der Waals surface area contributed by atoms with E-state index in [0.717, 1.165) is 52.0 Å². The molecule has 39 heavy (non-hydrogen) atoms. The van der Waals surface area contributed by atoms with E-state index in [-0.39, 0.29) is 22.4 Å². The van der Waals surface area contributed by atoms with E-state index in [0.29, 0.717) is 30.5 Å². The van der Waals surface area contributed by atoms with Crippen LogP contribution in [0.4, 0.5) is 0 Å². The van der Waals surface area contributed by atoms with Gasteiger partial charge in [0.1, 0.15) is 0 Å². The van der Waals surface area contributed by atoms with Gasteiger partial charge in [-0.15, -0.1) is 0 Å². The smallest absolute Gasteiger partial charge is 0.252 e. The van der Waals surface area contributed by atoms with Gasteiger partial charge in [-0.05, 0) is 43.5 Å². The third-order valence-corrected chi connectivity index (χ3v) is 9.84. The highest BCUT2D eigenvalue weighted by molar-refractivity contribution is 7.89. The standard InChI is InChI=1S/C29H37N5O4S/c1-22-7-5-6-13-34(22)39(37,38)24-10-11-27-25(19-24)26(20-28(35)31-27)29(36)30-12-14-32-15-17-33(18-16-32)21-23-8-3-2-4-9-23/h2-4,8-11,19-20,22H,5-7,12-18,21H2,1H3,(H,30,36)(H,31,35)/t22-/m1/s1. The Morgan fingerprint density at radius 1 is 0.974 bits per heavy atom. The number of piperazine rings is 1. The maximum absolute atomic E-state index is 13.4. The van der Waals surface area contributed by atoms with E-state index in [4.69, 9.17) is 0 Å². The second-order valence-corrected chi connectivity index (χ2v) is 12.5. The summed E-state index contributed by atoms with van der Waals surface area (Å²) in [6.07, 6.45) is 2.68. The van der Waals surface area contributed by atoms with Gasteiger partial charge in [-0.25, -0.2) is 8.42 Å². The van der Waals surface area contributed by atoms with Crippen LogP contribution in [0.3, 0.4) is 0 Å². The highest BCUT2D eigenvalue weighted by Gasteiger charge is 2.31. The molecule has 208 valence electrons. The molecule has 0 unspecified atom stereocenters. The van der Waals surface area contributed by atoms with E-state index < -0.39 is 15.6 Å². The third-order valence-electron chi connectivity index (χ3n) is 7.84. The first-order valence-corrected chi connectivity index (χ1v) is 15.2. The lowest BCUT2D eigenvalue weighted by molar-refractivity contribution is 0.0935. The number of rotatable bonds is 8. The number of hydrogen-bond acceptors (Lipinski definition) is 6. The summed E-state index contributed by atoms with van der Waals surface area (Å²) in [5.74, 6) is -0.380. The minimum Gasteiger partial charge on any atom is -0.351 e. The van der Waals surface area contributed by atoms with Crippen LogP contribution in [0.5, 0.6) is 0 Å². The topological polar surface area (TPSA) is 106 Å². The molecular weight excluding hydrogens is 514 g/mol. The van der Waals surface area contributed by atoms with Gasteiger partial charge in [0.05, 0.1) is 10.5 Å². The molecule has 1 aromatic heterocycles. The van der Waals surface area contributed by atoms with Crippen molar-refractivity contribution in [3.8, 4) is 0 Å². The fourth-order valence-corrected chi connectivity index (χ4v) is 7.31. The summed E-state index contributed by atoms with van der Waals surface area (Å²) in [6, 6.07) is 16.2. The Labute approximate surface area is 229 Å². The van der Waals surface area contributed by atoms with Crippen molar-refractivity contribution in [2.24, 2.45) is 0 Å². The molecule has 0 radical (unpaired) electrons. The second-order valence-electron chi connectivity index (χ2n) is 10.6. The third kappa shape index (κ3) is 6.41. The summed E-state index contributed by atoms with van der Waals surface area (Å²) in [6.45, 7) is 8.28. The first-order chi connectivity index (χ1) is 18.8. The van der Waals surface area contributed by atoms with Crippen LogP contribution in [0.1, 0.15) is 42.1 Å².